The van der Waals surface area contributed by atoms with E-state index in [-0.39, 0.29) is 5.69 Å². The van der Waals surface area contributed by atoms with Crippen LogP contribution in [0.4, 0.5) is 15.8 Å². The van der Waals surface area contributed by atoms with Gasteiger partial charge < -0.3 is 5.32 Å². The summed E-state index contributed by atoms with van der Waals surface area (Å²) in [5.74, 6) is -1.22. The molecule has 0 fully saturated rings. The molecule has 2 aromatic rings. The number of rotatable bonds is 5. The normalized spacial score (nSPS) is 11.1. The molecule has 0 atom stereocenters. The lowest BCUT2D eigenvalue weighted by Crippen LogP contribution is -2.37. The summed E-state index contributed by atoms with van der Waals surface area (Å²) in [6.07, 6.45) is 1.01. The number of hydrogen-bond donors (Lipinski definition) is 1. The van der Waals surface area contributed by atoms with Crippen LogP contribution in [0.1, 0.15) is 0 Å². The molecule has 0 unspecified atom stereocenters. The van der Waals surface area contributed by atoms with E-state index in [0.29, 0.717) is 5.69 Å². The first kappa shape index (κ1) is 17.4. The summed E-state index contributed by atoms with van der Waals surface area (Å²) in [4.78, 5) is 12.1. The summed E-state index contributed by atoms with van der Waals surface area (Å²) < 4.78 is 39.1. The Morgan fingerprint density at radius 1 is 1.17 bits per heavy atom. The highest BCUT2D eigenvalue weighted by molar-refractivity contribution is 9.10. The van der Waals surface area contributed by atoms with Crippen LogP contribution in [0.5, 0.6) is 0 Å². The van der Waals surface area contributed by atoms with Gasteiger partial charge in [-0.3, -0.25) is 9.10 Å². The molecular formula is C15H14BrFN2O3S. The van der Waals surface area contributed by atoms with Crippen LogP contribution in [-0.2, 0) is 14.8 Å². The molecule has 2 aromatic carbocycles. The van der Waals surface area contributed by atoms with Gasteiger partial charge in [0.15, 0.2) is 0 Å². The molecule has 0 aromatic heterocycles. The van der Waals surface area contributed by atoms with Crippen molar-refractivity contribution < 1.29 is 17.6 Å². The fraction of sp³-hybridized carbons (Fsp3) is 0.133. The molecular weight excluding hydrogens is 387 g/mol. The minimum Gasteiger partial charge on any atom is -0.322 e. The number of nitrogens with zero attached hydrogens (tertiary/aromatic N) is 1. The number of carbonyl (C=O) groups is 1. The van der Waals surface area contributed by atoms with E-state index in [9.17, 15) is 17.6 Å². The molecule has 0 radical (unpaired) electrons. The number of sulfonamides is 1. The molecule has 0 aliphatic rings. The monoisotopic (exact) mass is 400 g/mol. The lowest BCUT2D eigenvalue weighted by atomic mass is 10.3. The topological polar surface area (TPSA) is 66.5 Å². The minimum atomic E-state index is -3.66. The lowest BCUT2D eigenvalue weighted by Gasteiger charge is -2.22. The zero-order chi connectivity index (χ0) is 17.0. The average molecular weight is 401 g/mol. The number of hydrogen-bond acceptors (Lipinski definition) is 3. The Balaban J connectivity index is 2.20. The Kier molecular flexibility index (Phi) is 5.38. The molecule has 0 aliphatic carbocycles. The highest BCUT2D eigenvalue weighted by Crippen LogP contribution is 2.21. The Morgan fingerprint density at radius 2 is 1.78 bits per heavy atom. The molecule has 1 N–H and O–H groups in total. The van der Waals surface area contributed by atoms with Crippen molar-refractivity contribution in [3.05, 3.63) is 58.8 Å². The number of anilines is 2. The third-order valence-electron chi connectivity index (χ3n) is 2.95. The van der Waals surface area contributed by atoms with Gasteiger partial charge in [-0.2, -0.15) is 0 Å². The SMILES string of the molecule is CS(=O)(=O)N(CC(=O)Nc1ccccc1F)c1ccc(Br)cc1. The van der Waals surface area contributed by atoms with E-state index in [1.165, 1.54) is 18.2 Å². The second-order valence-electron chi connectivity index (χ2n) is 4.77. The van der Waals surface area contributed by atoms with Crippen molar-refractivity contribution in [3.63, 3.8) is 0 Å². The minimum absolute atomic E-state index is 0.00163. The maximum atomic E-state index is 13.5. The average Bonchev–Trinajstić information content (AvgIpc) is 2.47. The third kappa shape index (κ3) is 4.77. The van der Waals surface area contributed by atoms with E-state index in [4.69, 9.17) is 0 Å². The van der Waals surface area contributed by atoms with E-state index in [2.05, 4.69) is 21.2 Å². The zero-order valence-corrected chi connectivity index (χ0v) is 14.6. The quantitative estimate of drug-likeness (QED) is 0.838. The first-order valence-corrected chi connectivity index (χ1v) is 9.19. The smallest absolute Gasteiger partial charge is 0.245 e. The van der Waals surface area contributed by atoms with Gasteiger partial charge in [-0.25, -0.2) is 12.8 Å². The van der Waals surface area contributed by atoms with Crippen molar-refractivity contribution in [2.75, 3.05) is 22.4 Å². The Morgan fingerprint density at radius 3 is 2.35 bits per heavy atom. The van der Waals surface area contributed by atoms with Crippen LogP contribution in [-0.4, -0.2) is 27.1 Å². The van der Waals surface area contributed by atoms with E-state index in [0.717, 1.165) is 15.0 Å². The summed E-state index contributed by atoms with van der Waals surface area (Å²) in [5, 5.41) is 2.36. The standard InChI is InChI=1S/C15H14BrFN2O3S/c1-23(21,22)19(12-8-6-11(16)7-9-12)10-15(20)18-14-5-3-2-4-13(14)17/h2-9H,10H2,1H3,(H,18,20). The third-order valence-corrected chi connectivity index (χ3v) is 4.62. The van der Waals surface area contributed by atoms with Gasteiger partial charge in [-0.05, 0) is 36.4 Å². The van der Waals surface area contributed by atoms with E-state index in [1.54, 1.807) is 30.3 Å². The maximum Gasteiger partial charge on any atom is 0.245 e. The van der Waals surface area contributed by atoms with Gasteiger partial charge >= 0.3 is 0 Å². The maximum absolute atomic E-state index is 13.5. The Hall–Kier alpha value is -1.93. The van der Waals surface area contributed by atoms with E-state index < -0.39 is 28.3 Å². The van der Waals surface area contributed by atoms with E-state index in [1.807, 2.05) is 0 Å². The van der Waals surface area contributed by atoms with Crippen molar-refractivity contribution in [2.45, 2.75) is 0 Å². The van der Waals surface area contributed by atoms with Gasteiger partial charge in [-0.15, -0.1) is 0 Å². The second-order valence-corrected chi connectivity index (χ2v) is 7.60. The summed E-state index contributed by atoms with van der Waals surface area (Å²) in [5.41, 5.74) is 0.348. The van der Waals surface area contributed by atoms with Gasteiger partial charge in [-0.1, -0.05) is 28.1 Å². The zero-order valence-electron chi connectivity index (χ0n) is 12.2. The molecule has 2 rings (SSSR count). The van der Waals surface area contributed by atoms with Crippen LogP contribution >= 0.6 is 15.9 Å². The molecule has 0 bridgehead atoms. The van der Waals surface area contributed by atoms with Crippen molar-refractivity contribution in [1.29, 1.82) is 0 Å². The van der Waals surface area contributed by atoms with E-state index >= 15 is 0 Å². The summed E-state index contributed by atoms with van der Waals surface area (Å²) in [6, 6.07) is 12.2. The molecule has 8 heteroatoms. The molecule has 1 amide bonds. The van der Waals surface area contributed by atoms with Gasteiger partial charge in [0.2, 0.25) is 15.9 Å². The number of carbonyl (C=O) groups excluding carboxylic acids is 1. The second kappa shape index (κ2) is 7.10. The first-order chi connectivity index (χ1) is 10.8. The lowest BCUT2D eigenvalue weighted by molar-refractivity contribution is -0.114. The Bertz CT molecular complexity index is 810. The molecule has 0 saturated carbocycles. The van der Waals surface area contributed by atoms with Crippen LogP contribution < -0.4 is 9.62 Å². The van der Waals surface area contributed by atoms with Crippen molar-refractivity contribution in [2.24, 2.45) is 0 Å². The predicted molar refractivity (Wildman–Crippen MR) is 91.4 cm³/mol. The van der Waals surface area contributed by atoms with Gasteiger partial charge in [0.05, 0.1) is 17.6 Å². The molecule has 0 heterocycles. The number of halogens is 2. The Labute approximate surface area is 142 Å². The first-order valence-electron chi connectivity index (χ1n) is 6.55. The van der Waals surface area contributed by atoms with Crippen molar-refractivity contribution in [1.82, 2.24) is 0 Å². The van der Waals surface area contributed by atoms with Crippen molar-refractivity contribution >= 4 is 43.2 Å². The molecule has 23 heavy (non-hydrogen) atoms. The number of benzene rings is 2. The van der Waals surface area contributed by atoms with Gasteiger partial charge in [0.1, 0.15) is 12.4 Å². The van der Waals surface area contributed by atoms with Gasteiger partial charge in [0, 0.05) is 4.47 Å². The van der Waals surface area contributed by atoms with Crippen LogP contribution in [0.25, 0.3) is 0 Å². The predicted octanol–water partition coefficient (Wildman–Crippen LogP) is 2.99. The highest BCUT2D eigenvalue weighted by Gasteiger charge is 2.21. The van der Waals surface area contributed by atoms with Gasteiger partial charge in [0.25, 0.3) is 0 Å². The summed E-state index contributed by atoms with van der Waals surface area (Å²) in [6.45, 7) is -0.450. The van der Waals surface area contributed by atoms with Crippen LogP contribution in [0.2, 0.25) is 0 Å². The fourth-order valence-corrected chi connectivity index (χ4v) is 3.01. The largest absolute Gasteiger partial charge is 0.322 e. The van der Waals surface area contributed by atoms with Crippen molar-refractivity contribution in [3.8, 4) is 0 Å². The highest BCUT2D eigenvalue weighted by atomic mass is 79.9. The van der Waals surface area contributed by atoms with Crippen LogP contribution in [0, 0.1) is 5.82 Å². The molecule has 122 valence electrons. The number of nitrogens with one attached hydrogen (secondary N) is 1. The number of para-hydroxylation sites is 1. The molecule has 0 aliphatic heterocycles. The number of amides is 1. The molecule has 0 saturated heterocycles. The summed E-state index contributed by atoms with van der Waals surface area (Å²) >= 11 is 3.26. The fourth-order valence-electron chi connectivity index (χ4n) is 1.89. The summed E-state index contributed by atoms with van der Waals surface area (Å²) in [7, 11) is -3.66. The molecule has 5 nitrogen and oxygen atoms in total. The van der Waals surface area contributed by atoms with Crippen LogP contribution in [0.3, 0.4) is 0 Å². The van der Waals surface area contributed by atoms with Crippen LogP contribution in [0.15, 0.2) is 53.0 Å². The molecule has 0 spiro atoms.